The number of rotatable bonds is 13. The zero-order valence-electron chi connectivity index (χ0n) is 19.9. The van der Waals surface area contributed by atoms with Gasteiger partial charge in [-0.05, 0) is 61.5 Å². The van der Waals surface area contributed by atoms with Crippen LogP contribution in [0.4, 0.5) is 11.4 Å². The molecule has 1 amide bonds. The SMILES string of the molecule is CC.CN(c1ccccc1C(=O)Nc1ccc(SCCCCCCCCN)cc1)S(C)=O. The lowest BCUT2D eigenvalue weighted by Gasteiger charge is -2.19. The molecule has 3 N–H and O–H groups in total. The summed E-state index contributed by atoms with van der Waals surface area (Å²) in [6.07, 6.45) is 9.02. The molecule has 2 aromatic carbocycles. The Labute approximate surface area is 201 Å². The van der Waals surface area contributed by atoms with Gasteiger partial charge in [0.25, 0.3) is 5.91 Å². The molecule has 0 aliphatic rings. The van der Waals surface area contributed by atoms with Crippen LogP contribution in [0.1, 0.15) is 62.7 Å². The number of benzene rings is 2. The molecule has 0 bridgehead atoms. The number of anilines is 2. The van der Waals surface area contributed by atoms with Crippen LogP contribution >= 0.6 is 11.8 Å². The topological polar surface area (TPSA) is 75.4 Å². The van der Waals surface area contributed by atoms with Crippen molar-refractivity contribution in [1.82, 2.24) is 0 Å². The standard InChI is InChI=1S/C23H33N3O2S2.C2H6/c1-26(30(2)28)22-12-8-7-11-21(22)23(27)25-19-13-15-20(16-14-19)29-18-10-6-4-3-5-9-17-24;1-2/h7-8,11-16H,3-6,9-10,17-18,24H2,1-2H3,(H,25,27);1-2H3. The van der Waals surface area contributed by atoms with Gasteiger partial charge < -0.3 is 11.1 Å². The van der Waals surface area contributed by atoms with Gasteiger partial charge in [0, 0.05) is 23.9 Å². The predicted octanol–water partition coefficient (Wildman–Crippen LogP) is 6.09. The van der Waals surface area contributed by atoms with Gasteiger partial charge in [-0.2, -0.15) is 0 Å². The van der Waals surface area contributed by atoms with Crippen LogP contribution in [0.2, 0.25) is 0 Å². The summed E-state index contributed by atoms with van der Waals surface area (Å²) >= 11 is 1.85. The summed E-state index contributed by atoms with van der Waals surface area (Å²) < 4.78 is 13.4. The molecule has 0 aromatic heterocycles. The number of amides is 1. The maximum atomic E-state index is 12.7. The van der Waals surface area contributed by atoms with Crippen molar-refractivity contribution in [3.05, 3.63) is 54.1 Å². The van der Waals surface area contributed by atoms with Crippen LogP contribution in [-0.4, -0.2) is 35.7 Å². The first-order chi connectivity index (χ1) is 15.5. The Morgan fingerprint density at radius 2 is 1.56 bits per heavy atom. The van der Waals surface area contributed by atoms with E-state index < -0.39 is 11.0 Å². The first-order valence-electron chi connectivity index (χ1n) is 11.4. The van der Waals surface area contributed by atoms with Crippen LogP contribution in [0.3, 0.4) is 0 Å². The number of thioether (sulfide) groups is 1. The van der Waals surface area contributed by atoms with Crippen LogP contribution < -0.4 is 15.4 Å². The third-order valence-electron chi connectivity index (χ3n) is 4.85. The molecule has 0 aliphatic carbocycles. The van der Waals surface area contributed by atoms with Crippen molar-refractivity contribution < 1.29 is 9.00 Å². The minimum Gasteiger partial charge on any atom is -0.330 e. The number of unbranched alkanes of at least 4 members (excludes halogenated alkanes) is 5. The van der Waals surface area contributed by atoms with Gasteiger partial charge in [0.1, 0.15) is 11.0 Å². The fraction of sp³-hybridized carbons (Fsp3) is 0.480. The quantitative estimate of drug-likeness (QED) is 0.270. The van der Waals surface area contributed by atoms with E-state index in [4.69, 9.17) is 5.73 Å². The van der Waals surface area contributed by atoms with Crippen molar-refractivity contribution in [2.24, 2.45) is 5.73 Å². The molecule has 2 rings (SSSR count). The third-order valence-corrected chi connectivity index (χ3v) is 6.92. The highest BCUT2D eigenvalue weighted by Gasteiger charge is 2.15. The molecule has 0 fully saturated rings. The first kappa shape index (κ1) is 28.2. The van der Waals surface area contributed by atoms with Gasteiger partial charge >= 0.3 is 0 Å². The number of carbonyl (C=O) groups is 1. The molecule has 0 saturated carbocycles. The lowest BCUT2D eigenvalue weighted by molar-refractivity contribution is 0.102. The number of nitrogens with zero attached hydrogens (tertiary/aromatic N) is 1. The van der Waals surface area contributed by atoms with Crippen molar-refractivity contribution in [3.63, 3.8) is 0 Å². The minimum absolute atomic E-state index is 0.210. The van der Waals surface area contributed by atoms with E-state index in [1.807, 2.05) is 62.0 Å². The minimum atomic E-state index is -1.20. The molecule has 178 valence electrons. The lowest BCUT2D eigenvalue weighted by Crippen LogP contribution is -2.23. The number of carbonyl (C=O) groups excluding carboxylic acids is 1. The van der Waals surface area contributed by atoms with Crippen molar-refractivity contribution in [2.75, 3.05) is 35.2 Å². The molecule has 0 saturated heterocycles. The average Bonchev–Trinajstić information content (AvgIpc) is 2.82. The van der Waals surface area contributed by atoms with E-state index in [1.165, 1.54) is 37.0 Å². The van der Waals surface area contributed by atoms with Gasteiger partial charge in [-0.25, -0.2) is 4.21 Å². The zero-order chi connectivity index (χ0) is 23.8. The molecule has 32 heavy (non-hydrogen) atoms. The van der Waals surface area contributed by atoms with E-state index in [2.05, 4.69) is 5.32 Å². The maximum Gasteiger partial charge on any atom is 0.257 e. The van der Waals surface area contributed by atoms with Crippen molar-refractivity contribution in [2.45, 2.75) is 57.3 Å². The van der Waals surface area contributed by atoms with Crippen molar-refractivity contribution >= 4 is 40.0 Å². The monoisotopic (exact) mass is 477 g/mol. The normalized spacial score (nSPS) is 11.3. The van der Waals surface area contributed by atoms with Gasteiger partial charge in [0.05, 0.1) is 11.3 Å². The summed E-state index contributed by atoms with van der Waals surface area (Å²) in [6, 6.07) is 15.1. The van der Waals surface area contributed by atoms with E-state index in [1.54, 1.807) is 29.7 Å². The first-order valence-corrected chi connectivity index (χ1v) is 13.9. The second kappa shape index (κ2) is 16.8. The smallest absolute Gasteiger partial charge is 0.257 e. The molecule has 1 unspecified atom stereocenters. The Bertz CT molecular complexity index is 813. The zero-order valence-corrected chi connectivity index (χ0v) is 21.6. The largest absolute Gasteiger partial charge is 0.330 e. The molecule has 0 radical (unpaired) electrons. The van der Waals surface area contributed by atoms with E-state index in [9.17, 15) is 9.00 Å². The van der Waals surface area contributed by atoms with E-state index >= 15 is 0 Å². The van der Waals surface area contributed by atoms with Gasteiger partial charge in [-0.1, -0.05) is 51.7 Å². The second-order valence-electron chi connectivity index (χ2n) is 7.18. The molecule has 0 aliphatic heterocycles. The van der Waals surface area contributed by atoms with Crippen LogP contribution in [0.15, 0.2) is 53.4 Å². The third kappa shape index (κ3) is 10.2. The van der Waals surface area contributed by atoms with Gasteiger partial charge in [-0.15, -0.1) is 11.8 Å². The van der Waals surface area contributed by atoms with E-state index in [-0.39, 0.29) is 5.91 Å². The summed E-state index contributed by atoms with van der Waals surface area (Å²) in [5.74, 6) is 0.897. The number of hydrogen-bond acceptors (Lipinski definition) is 4. The molecular weight excluding hydrogens is 438 g/mol. The lowest BCUT2D eigenvalue weighted by atomic mass is 10.1. The van der Waals surface area contributed by atoms with Crippen LogP contribution in [0.5, 0.6) is 0 Å². The van der Waals surface area contributed by atoms with E-state index in [0.717, 1.165) is 24.4 Å². The average molecular weight is 478 g/mol. The van der Waals surface area contributed by atoms with Gasteiger partial charge in [0.2, 0.25) is 0 Å². The summed E-state index contributed by atoms with van der Waals surface area (Å²) in [7, 11) is 0.517. The fourth-order valence-corrected chi connectivity index (χ4v) is 4.40. The Hall–Kier alpha value is -1.83. The fourth-order valence-electron chi connectivity index (χ4n) is 3.06. The van der Waals surface area contributed by atoms with E-state index in [0.29, 0.717) is 11.3 Å². The molecule has 1 atom stereocenters. The number of nitrogens with one attached hydrogen (secondary N) is 1. The molecule has 0 heterocycles. The van der Waals surface area contributed by atoms with Crippen LogP contribution in [-0.2, 0) is 11.0 Å². The molecule has 7 heteroatoms. The highest BCUT2D eigenvalue weighted by molar-refractivity contribution is 7.99. The molecular formula is C25H39N3O2S2. The molecule has 0 spiro atoms. The Morgan fingerprint density at radius 3 is 2.19 bits per heavy atom. The summed E-state index contributed by atoms with van der Waals surface area (Å²) in [6.45, 7) is 4.80. The number of para-hydroxylation sites is 1. The van der Waals surface area contributed by atoms with Crippen LogP contribution in [0.25, 0.3) is 0 Å². The van der Waals surface area contributed by atoms with Gasteiger partial charge in [0.15, 0.2) is 0 Å². The highest BCUT2D eigenvalue weighted by atomic mass is 32.2. The van der Waals surface area contributed by atoms with Crippen molar-refractivity contribution in [3.8, 4) is 0 Å². The maximum absolute atomic E-state index is 12.7. The van der Waals surface area contributed by atoms with Crippen molar-refractivity contribution in [1.29, 1.82) is 0 Å². The summed E-state index contributed by atoms with van der Waals surface area (Å²) in [4.78, 5) is 13.9. The Balaban J connectivity index is 0.00000249. The second-order valence-corrected chi connectivity index (χ2v) is 9.74. The molecule has 5 nitrogen and oxygen atoms in total. The number of nitrogens with two attached hydrogens (primary N) is 1. The van der Waals surface area contributed by atoms with Crippen LogP contribution in [0, 0.1) is 0 Å². The Kier molecular flexibility index (Phi) is 14.8. The number of hydrogen-bond donors (Lipinski definition) is 2. The molecule has 2 aromatic rings. The van der Waals surface area contributed by atoms with Gasteiger partial charge in [-0.3, -0.25) is 9.10 Å². The predicted molar refractivity (Wildman–Crippen MR) is 142 cm³/mol. The summed E-state index contributed by atoms with van der Waals surface area (Å²) in [5, 5.41) is 2.94. The summed E-state index contributed by atoms with van der Waals surface area (Å²) in [5.41, 5.74) is 7.41. The highest BCUT2D eigenvalue weighted by Crippen LogP contribution is 2.24. The Morgan fingerprint density at radius 1 is 0.969 bits per heavy atom.